The van der Waals surface area contributed by atoms with Gasteiger partial charge in [-0.25, -0.2) is 0 Å². The minimum Gasteiger partial charge on any atom is -0.363 e. The van der Waals surface area contributed by atoms with Gasteiger partial charge in [-0.2, -0.15) is 30.7 Å². The van der Waals surface area contributed by atoms with Crippen molar-refractivity contribution < 1.29 is 40.6 Å². The van der Waals surface area contributed by atoms with E-state index in [0.29, 0.717) is 7.11 Å². The third kappa shape index (κ3) is 1.92. The van der Waals surface area contributed by atoms with E-state index in [0.717, 1.165) is 0 Å². The Labute approximate surface area is 73.3 Å². The molecule has 0 aliphatic carbocycles. The standard InChI is InChI=1S/C5H5F7O2/c1-14-2(13)3(6,7)4(8,9)5(10,11)12/h2,13H,1H3/t2-/m0/s1. The van der Waals surface area contributed by atoms with Crippen LogP contribution in [-0.4, -0.2) is 36.5 Å². The van der Waals surface area contributed by atoms with Crippen LogP contribution < -0.4 is 0 Å². The van der Waals surface area contributed by atoms with Crippen molar-refractivity contribution in [1.29, 1.82) is 0 Å². The fourth-order valence-corrected chi connectivity index (χ4v) is 0.492. The SMILES string of the molecule is CO[C@H](O)C(F)(F)C(F)(F)C(F)(F)F. The number of halogens is 7. The van der Waals surface area contributed by atoms with Gasteiger partial charge in [0.25, 0.3) is 0 Å². The number of alkyl halides is 7. The molecule has 9 heteroatoms. The van der Waals surface area contributed by atoms with Crippen LogP contribution in [0.1, 0.15) is 0 Å². The molecule has 0 aromatic rings. The van der Waals surface area contributed by atoms with Gasteiger partial charge in [-0.05, 0) is 0 Å². The van der Waals surface area contributed by atoms with Crippen LogP contribution >= 0.6 is 0 Å². The molecule has 1 atom stereocenters. The number of aliphatic hydroxyl groups is 1. The molecule has 0 saturated carbocycles. The van der Waals surface area contributed by atoms with Crippen LogP contribution in [0.5, 0.6) is 0 Å². The third-order valence-corrected chi connectivity index (χ3v) is 1.31. The summed E-state index contributed by atoms with van der Waals surface area (Å²) < 4.78 is 86.2. The lowest BCUT2D eigenvalue weighted by Crippen LogP contribution is -2.58. The minimum atomic E-state index is -6.46. The van der Waals surface area contributed by atoms with E-state index in [2.05, 4.69) is 4.74 Å². The monoisotopic (exact) mass is 230 g/mol. The van der Waals surface area contributed by atoms with E-state index in [1.807, 2.05) is 0 Å². The smallest absolute Gasteiger partial charge is 0.363 e. The Balaban J connectivity index is 5.07. The van der Waals surface area contributed by atoms with E-state index in [4.69, 9.17) is 5.11 Å². The Morgan fingerprint density at radius 2 is 1.36 bits per heavy atom. The zero-order valence-corrected chi connectivity index (χ0v) is 6.58. The summed E-state index contributed by atoms with van der Waals surface area (Å²) >= 11 is 0. The van der Waals surface area contributed by atoms with Crippen molar-refractivity contribution in [2.75, 3.05) is 7.11 Å². The molecule has 0 fully saturated rings. The number of rotatable bonds is 3. The summed E-state index contributed by atoms with van der Waals surface area (Å²) in [5, 5.41) is 8.13. The van der Waals surface area contributed by atoms with Crippen LogP contribution in [0.25, 0.3) is 0 Å². The van der Waals surface area contributed by atoms with Gasteiger partial charge < -0.3 is 9.84 Å². The van der Waals surface area contributed by atoms with Crippen molar-refractivity contribution in [2.24, 2.45) is 0 Å². The maximum atomic E-state index is 12.2. The van der Waals surface area contributed by atoms with Gasteiger partial charge in [-0.1, -0.05) is 0 Å². The van der Waals surface area contributed by atoms with E-state index in [1.165, 1.54) is 0 Å². The van der Waals surface area contributed by atoms with E-state index in [1.54, 1.807) is 0 Å². The summed E-state index contributed by atoms with van der Waals surface area (Å²) in [4.78, 5) is 0. The number of hydrogen-bond acceptors (Lipinski definition) is 2. The molecule has 0 rings (SSSR count). The topological polar surface area (TPSA) is 29.5 Å². The first-order chi connectivity index (χ1) is 5.98. The molecule has 14 heavy (non-hydrogen) atoms. The lowest BCUT2D eigenvalue weighted by Gasteiger charge is -2.30. The predicted octanol–water partition coefficient (Wildman–Crippen LogP) is 1.78. The van der Waals surface area contributed by atoms with E-state index >= 15 is 0 Å². The summed E-state index contributed by atoms with van der Waals surface area (Å²) in [5.41, 5.74) is 0. The van der Waals surface area contributed by atoms with Crippen molar-refractivity contribution in [2.45, 2.75) is 24.3 Å². The molecule has 1 N–H and O–H groups in total. The lowest BCUT2D eigenvalue weighted by molar-refractivity contribution is -0.393. The summed E-state index contributed by atoms with van der Waals surface area (Å²) in [7, 11) is 0.366. The molecule has 0 saturated heterocycles. The molecular formula is C5H5F7O2. The molecule has 2 nitrogen and oxygen atoms in total. The molecule has 0 aromatic heterocycles. The van der Waals surface area contributed by atoms with Gasteiger partial charge in [0.1, 0.15) is 0 Å². The zero-order chi connectivity index (χ0) is 11.8. The van der Waals surface area contributed by atoms with E-state index in [-0.39, 0.29) is 0 Å². The van der Waals surface area contributed by atoms with E-state index < -0.39 is 24.3 Å². The molecular weight excluding hydrogens is 225 g/mol. The van der Waals surface area contributed by atoms with Gasteiger partial charge in [0.15, 0.2) is 0 Å². The van der Waals surface area contributed by atoms with Crippen LogP contribution in [-0.2, 0) is 4.74 Å². The molecule has 0 radical (unpaired) electrons. The first kappa shape index (κ1) is 13.4. The van der Waals surface area contributed by atoms with Crippen LogP contribution in [0.4, 0.5) is 30.7 Å². The van der Waals surface area contributed by atoms with Crippen LogP contribution in [0.2, 0.25) is 0 Å². The second-order valence-electron chi connectivity index (χ2n) is 2.28. The minimum absolute atomic E-state index is 0.366. The lowest BCUT2D eigenvalue weighted by atomic mass is 10.1. The summed E-state index contributed by atoms with van der Waals surface area (Å²) in [6.07, 6.45) is -9.99. The molecule has 0 heterocycles. The molecule has 0 amide bonds. The van der Waals surface area contributed by atoms with Crippen molar-refractivity contribution >= 4 is 0 Å². The predicted molar refractivity (Wildman–Crippen MR) is 29.0 cm³/mol. The molecule has 0 spiro atoms. The quantitative estimate of drug-likeness (QED) is 0.591. The van der Waals surface area contributed by atoms with Crippen molar-refractivity contribution in [3.8, 4) is 0 Å². The highest BCUT2D eigenvalue weighted by Crippen LogP contribution is 2.47. The highest BCUT2D eigenvalue weighted by molar-refractivity contribution is 4.92. The van der Waals surface area contributed by atoms with Gasteiger partial charge in [-0.3, -0.25) is 0 Å². The number of hydrogen-bond donors (Lipinski definition) is 1. The Kier molecular flexibility index (Phi) is 3.39. The summed E-state index contributed by atoms with van der Waals surface area (Å²) in [6.45, 7) is 0. The van der Waals surface area contributed by atoms with Crippen molar-refractivity contribution in [1.82, 2.24) is 0 Å². The molecule has 0 unspecified atom stereocenters. The zero-order valence-electron chi connectivity index (χ0n) is 6.58. The maximum absolute atomic E-state index is 12.2. The Hall–Kier alpha value is -0.570. The van der Waals surface area contributed by atoms with E-state index in [9.17, 15) is 30.7 Å². The average Bonchev–Trinajstić information content (AvgIpc) is 2.00. The van der Waals surface area contributed by atoms with Crippen molar-refractivity contribution in [3.05, 3.63) is 0 Å². The number of aliphatic hydroxyl groups excluding tert-OH is 1. The molecule has 0 aliphatic heterocycles. The molecule has 0 aliphatic rings. The van der Waals surface area contributed by atoms with Crippen LogP contribution in [0.15, 0.2) is 0 Å². The maximum Gasteiger partial charge on any atom is 0.460 e. The Bertz CT molecular complexity index is 199. The normalized spacial score (nSPS) is 16.9. The first-order valence-electron chi connectivity index (χ1n) is 3.01. The highest BCUT2D eigenvalue weighted by atomic mass is 19.4. The van der Waals surface area contributed by atoms with Gasteiger partial charge in [0.05, 0.1) is 0 Å². The number of ether oxygens (including phenoxy) is 1. The van der Waals surface area contributed by atoms with Crippen LogP contribution in [0.3, 0.4) is 0 Å². The third-order valence-electron chi connectivity index (χ3n) is 1.31. The van der Waals surface area contributed by atoms with Crippen molar-refractivity contribution in [3.63, 3.8) is 0 Å². The second kappa shape index (κ2) is 3.54. The number of methoxy groups -OCH3 is 1. The summed E-state index contributed by atoms with van der Waals surface area (Å²) in [5.74, 6) is -12.1. The summed E-state index contributed by atoms with van der Waals surface area (Å²) in [6, 6.07) is 0. The average molecular weight is 230 g/mol. The molecule has 0 aromatic carbocycles. The van der Waals surface area contributed by atoms with Gasteiger partial charge >= 0.3 is 18.0 Å². The fraction of sp³-hybridized carbons (Fsp3) is 1.00. The fourth-order valence-electron chi connectivity index (χ4n) is 0.492. The highest BCUT2D eigenvalue weighted by Gasteiger charge is 2.75. The van der Waals surface area contributed by atoms with Gasteiger partial charge in [0.2, 0.25) is 6.29 Å². The Morgan fingerprint density at radius 3 is 1.57 bits per heavy atom. The van der Waals surface area contributed by atoms with Gasteiger partial charge in [0, 0.05) is 7.11 Å². The first-order valence-corrected chi connectivity index (χ1v) is 3.01. The van der Waals surface area contributed by atoms with Crippen LogP contribution in [0, 0.1) is 0 Å². The molecule has 0 bridgehead atoms. The van der Waals surface area contributed by atoms with Gasteiger partial charge in [-0.15, -0.1) is 0 Å². The Morgan fingerprint density at radius 1 is 1.00 bits per heavy atom. The second-order valence-corrected chi connectivity index (χ2v) is 2.28. The molecule has 86 valence electrons. The largest absolute Gasteiger partial charge is 0.460 e.